The van der Waals surface area contributed by atoms with Gasteiger partial charge >= 0.3 is 18.9 Å². The average Bonchev–Trinajstić information content (AvgIpc) is 2.49. The Labute approximate surface area is 137 Å². The van der Waals surface area contributed by atoms with Gasteiger partial charge in [0.05, 0.1) is 12.0 Å². The van der Waals surface area contributed by atoms with Gasteiger partial charge in [-0.3, -0.25) is 0 Å². The van der Waals surface area contributed by atoms with Gasteiger partial charge in [0.25, 0.3) is 0 Å². The predicted molar refractivity (Wildman–Crippen MR) is 77.7 cm³/mol. The summed E-state index contributed by atoms with van der Waals surface area (Å²) >= 11 is 0. The first-order chi connectivity index (χ1) is 9.72. The van der Waals surface area contributed by atoms with Gasteiger partial charge in [-0.2, -0.15) is 5.26 Å². The fourth-order valence-electron chi connectivity index (χ4n) is 2.34. The fraction of sp³-hybridized carbons (Fsp3) is 0.167. The third-order valence-electron chi connectivity index (χ3n) is 3.26. The van der Waals surface area contributed by atoms with Crippen molar-refractivity contribution in [2.75, 3.05) is 0 Å². The zero-order valence-corrected chi connectivity index (χ0v) is 12.4. The first-order valence-corrected chi connectivity index (χ1v) is 6.57. The van der Waals surface area contributed by atoms with Gasteiger partial charge in [0.1, 0.15) is 0 Å². The summed E-state index contributed by atoms with van der Waals surface area (Å²) in [4.78, 5) is 0. The van der Waals surface area contributed by atoms with Crippen LogP contribution in [0.15, 0.2) is 72.5 Å². The topological polar surface area (TPSA) is 46.8 Å². The molecule has 0 bridgehead atoms. The monoisotopic (exact) mass is 269 g/mol. The molecule has 2 aromatic rings. The van der Waals surface area contributed by atoms with E-state index in [2.05, 4.69) is 6.07 Å². The summed E-state index contributed by atoms with van der Waals surface area (Å²) < 4.78 is 0. The second-order valence-electron chi connectivity index (χ2n) is 4.73. The van der Waals surface area contributed by atoms with E-state index < -0.39 is 0 Å². The molecule has 2 unspecified atom stereocenters. The molecular formula is C18H16LiNO. The first-order valence-electron chi connectivity index (χ1n) is 6.57. The maximum atomic E-state index is 11.5. The molecule has 0 saturated heterocycles. The molecule has 0 aliphatic carbocycles. The fourth-order valence-corrected chi connectivity index (χ4v) is 2.34. The quantitative estimate of drug-likeness (QED) is 0.594. The molecule has 2 nitrogen and oxygen atoms in total. The second kappa shape index (κ2) is 8.38. The van der Waals surface area contributed by atoms with Crippen molar-refractivity contribution in [2.45, 2.75) is 18.8 Å². The Kier molecular flexibility index (Phi) is 6.83. The molecular weight excluding hydrogens is 253 g/mol. The van der Waals surface area contributed by atoms with E-state index >= 15 is 0 Å². The van der Waals surface area contributed by atoms with E-state index in [4.69, 9.17) is 0 Å². The summed E-state index contributed by atoms with van der Waals surface area (Å²) in [6.45, 7) is 1.52. The molecule has 0 heterocycles. The summed E-state index contributed by atoms with van der Waals surface area (Å²) in [5.74, 6) is -0.598. The molecule has 2 rings (SSSR count). The van der Waals surface area contributed by atoms with Crippen LogP contribution >= 0.6 is 0 Å². The molecule has 0 N–H and O–H groups in total. The second-order valence-corrected chi connectivity index (χ2v) is 4.73. The number of hydrogen-bond donors (Lipinski definition) is 0. The summed E-state index contributed by atoms with van der Waals surface area (Å²) in [6.07, 6.45) is 1.64. The molecule has 0 spiro atoms. The molecule has 0 saturated carbocycles. The molecule has 3 heteroatoms. The molecule has 21 heavy (non-hydrogen) atoms. The normalized spacial score (nSPS) is 13.6. The zero-order valence-electron chi connectivity index (χ0n) is 12.4. The van der Waals surface area contributed by atoms with Gasteiger partial charge in [-0.1, -0.05) is 73.7 Å². The number of nitrogens with zero attached hydrogens (tertiary/aromatic N) is 1. The van der Waals surface area contributed by atoms with Crippen molar-refractivity contribution in [3.05, 3.63) is 83.6 Å². The summed E-state index contributed by atoms with van der Waals surface area (Å²) in [7, 11) is 0. The van der Waals surface area contributed by atoms with Crippen molar-refractivity contribution in [2.24, 2.45) is 0 Å². The van der Waals surface area contributed by atoms with Gasteiger partial charge < -0.3 is 5.11 Å². The molecule has 100 valence electrons. The first kappa shape index (κ1) is 17.1. The third-order valence-corrected chi connectivity index (χ3v) is 3.26. The van der Waals surface area contributed by atoms with E-state index in [0.717, 1.165) is 11.1 Å². The van der Waals surface area contributed by atoms with Crippen LogP contribution in [0, 0.1) is 11.3 Å². The van der Waals surface area contributed by atoms with Crippen molar-refractivity contribution in [1.82, 2.24) is 0 Å². The molecule has 0 fully saturated rings. The standard InChI is InChI=1S/C18H17NO.Li/c1-14(20)12-17(15-8-4-2-5-9-15)18(13-19)16-10-6-3-7-11-16;/h2-12,17-18,20H,1H3;/q;+1/p-1/b14-12-;. The van der Waals surface area contributed by atoms with Gasteiger partial charge in [-0.15, -0.1) is 5.76 Å². The van der Waals surface area contributed by atoms with E-state index in [0.29, 0.717) is 0 Å². The smallest absolute Gasteiger partial charge is 0.876 e. The molecule has 0 aliphatic rings. The van der Waals surface area contributed by atoms with Crippen LogP contribution in [0.5, 0.6) is 0 Å². The number of benzene rings is 2. The maximum Gasteiger partial charge on any atom is 1.00 e. The maximum absolute atomic E-state index is 11.5. The van der Waals surface area contributed by atoms with Crippen LogP contribution in [-0.2, 0) is 0 Å². The van der Waals surface area contributed by atoms with Gasteiger partial charge in [-0.25, -0.2) is 0 Å². The van der Waals surface area contributed by atoms with Crippen LogP contribution in [0.2, 0.25) is 0 Å². The van der Waals surface area contributed by atoms with Crippen LogP contribution in [0.1, 0.15) is 29.9 Å². The van der Waals surface area contributed by atoms with Crippen LogP contribution < -0.4 is 24.0 Å². The number of nitriles is 1. The Morgan fingerprint density at radius 2 is 1.48 bits per heavy atom. The minimum atomic E-state index is -0.359. The van der Waals surface area contributed by atoms with E-state index in [1.807, 2.05) is 60.7 Å². The average molecular weight is 269 g/mol. The van der Waals surface area contributed by atoms with Gasteiger partial charge in [0, 0.05) is 5.92 Å². The Bertz CT molecular complexity index is 613. The van der Waals surface area contributed by atoms with Crippen molar-refractivity contribution in [3.8, 4) is 6.07 Å². The van der Waals surface area contributed by atoms with Crippen molar-refractivity contribution < 1.29 is 24.0 Å². The molecule has 0 radical (unpaired) electrons. The van der Waals surface area contributed by atoms with Crippen molar-refractivity contribution in [1.29, 1.82) is 5.26 Å². The predicted octanol–water partition coefficient (Wildman–Crippen LogP) is 0.346. The number of hydrogen-bond acceptors (Lipinski definition) is 2. The van der Waals surface area contributed by atoms with E-state index in [9.17, 15) is 10.4 Å². The van der Waals surface area contributed by atoms with Crippen molar-refractivity contribution >= 4 is 0 Å². The van der Waals surface area contributed by atoms with Crippen molar-refractivity contribution in [3.63, 3.8) is 0 Å². The van der Waals surface area contributed by atoms with Crippen LogP contribution in [0.25, 0.3) is 0 Å². The summed E-state index contributed by atoms with van der Waals surface area (Å²) in [5, 5.41) is 21.1. The number of rotatable bonds is 4. The minimum absolute atomic E-state index is 0. The molecule has 0 amide bonds. The van der Waals surface area contributed by atoms with E-state index in [-0.39, 0.29) is 36.5 Å². The largest absolute Gasteiger partial charge is 1.00 e. The van der Waals surface area contributed by atoms with Gasteiger partial charge in [0.2, 0.25) is 0 Å². The van der Waals surface area contributed by atoms with Crippen LogP contribution in [0.4, 0.5) is 0 Å². The summed E-state index contributed by atoms with van der Waals surface area (Å²) in [6, 6.07) is 21.6. The van der Waals surface area contributed by atoms with E-state index in [1.54, 1.807) is 6.08 Å². The zero-order chi connectivity index (χ0) is 14.4. The Hall–Kier alpha value is -1.93. The SMILES string of the molecule is C/C([O-])=C/C(c1ccccc1)C(C#N)c1ccccc1.[Li+]. The number of allylic oxidation sites excluding steroid dienone is 2. The molecule has 2 aromatic carbocycles. The Balaban J connectivity index is 0.00000220. The summed E-state index contributed by atoms with van der Waals surface area (Å²) in [5.41, 5.74) is 1.92. The van der Waals surface area contributed by atoms with Crippen LogP contribution in [0.3, 0.4) is 0 Å². The van der Waals surface area contributed by atoms with Gasteiger partial charge in [-0.05, 0) is 11.1 Å². The Morgan fingerprint density at radius 1 is 1.00 bits per heavy atom. The molecule has 2 atom stereocenters. The van der Waals surface area contributed by atoms with E-state index in [1.165, 1.54) is 6.92 Å². The third kappa shape index (κ3) is 4.54. The minimum Gasteiger partial charge on any atom is -0.876 e. The molecule has 0 aromatic heterocycles. The van der Waals surface area contributed by atoms with Crippen LogP contribution in [-0.4, -0.2) is 0 Å². The van der Waals surface area contributed by atoms with Gasteiger partial charge in [0.15, 0.2) is 0 Å². The molecule has 0 aliphatic heterocycles. The Morgan fingerprint density at radius 3 is 1.90 bits per heavy atom.